The summed E-state index contributed by atoms with van der Waals surface area (Å²) in [6.07, 6.45) is -12.0. The lowest BCUT2D eigenvalue weighted by atomic mass is 9.83. The zero-order chi connectivity index (χ0) is 28.7. The number of epoxide rings is 1. The van der Waals surface area contributed by atoms with Gasteiger partial charge >= 0.3 is 53.6 Å². The van der Waals surface area contributed by atoms with Crippen LogP contribution in [0.3, 0.4) is 0 Å². The molecule has 1 fully saturated rings. The van der Waals surface area contributed by atoms with Crippen molar-refractivity contribution in [1.29, 1.82) is 0 Å². The van der Waals surface area contributed by atoms with Gasteiger partial charge in [-0.1, -0.05) is 0 Å². The molecule has 0 amide bonds. The summed E-state index contributed by atoms with van der Waals surface area (Å²) >= 11 is 0. The van der Waals surface area contributed by atoms with Crippen LogP contribution in [0.1, 0.15) is 13.3 Å². The van der Waals surface area contributed by atoms with E-state index in [9.17, 15) is 87.8 Å². The summed E-state index contributed by atoms with van der Waals surface area (Å²) in [5.74, 6) is -66.2. The number of alkyl halides is 20. The highest BCUT2D eigenvalue weighted by Gasteiger charge is 2.96. The average molecular weight is 572 g/mol. The van der Waals surface area contributed by atoms with Gasteiger partial charge in [0.2, 0.25) is 0 Å². The SMILES string of the molecule is CC(F)(C(F)(F)F)C(F)(F)C(F)(F)C(F)(F)C(F)(F)C(F)(F)C(F)(F)C(F)(F)C(F)(F)CC1CO1. The average Bonchev–Trinajstić information content (AvgIpc) is 3.42. The Balaban J connectivity index is 3.68. The van der Waals surface area contributed by atoms with E-state index in [4.69, 9.17) is 0 Å². The molecule has 0 aromatic carbocycles. The second-order valence-corrected chi connectivity index (χ2v) is 7.39. The quantitative estimate of drug-likeness (QED) is 0.200. The molecule has 0 radical (unpaired) electrons. The van der Waals surface area contributed by atoms with Gasteiger partial charge in [0.15, 0.2) is 0 Å². The lowest BCUT2D eigenvalue weighted by molar-refractivity contribution is -0.464. The van der Waals surface area contributed by atoms with Gasteiger partial charge in [-0.25, -0.2) is 4.39 Å². The maximum Gasteiger partial charge on any atom is 0.428 e. The second-order valence-electron chi connectivity index (χ2n) is 7.39. The Morgan fingerprint density at radius 3 is 1.00 bits per heavy atom. The van der Waals surface area contributed by atoms with E-state index in [1.165, 1.54) is 0 Å². The van der Waals surface area contributed by atoms with Crippen molar-refractivity contribution in [2.45, 2.75) is 78.7 Å². The number of ether oxygens (including phenoxy) is 1. The molecule has 0 aromatic heterocycles. The predicted molar refractivity (Wildman–Crippen MR) is 69.5 cm³/mol. The van der Waals surface area contributed by atoms with Gasteiger partial charge < -0.3 is 4.74 Å². The zero-order valence-electron chi connectivity index (χ0n) is 16.0. The van der Waals surface area contributed by atoms with Gasteiger partial charge in [0.25, 0.3) is 5.67 Å². The summed E-state index contributed by atoms with van der Waals surface area (Å²) in [7, 11) is 0. The lowest BCUT2D eigenvalue weighted by Gasteiger charge is -2.45. The van der Waals surface area contributed by atoms with E-state index in [0.29, 0.717) is 0 Å². The number of hydrogen-bond acceptors (Lipinski definition) is 1. The van der Waals surface area contributed by atoms with E-state index in [-0.39, 0.29) is 0 Å². The Kier molecular flexibility index (Phi) is 7.02. The van der Waals surface area contributed by atoms with Gasteiger partial charge in [-0.05, 0) is 6.92 Å². The molecule has 0 aliphatic carbocycles. The molecule has 2 unspecified atom stereocenters. The molecule has 0 spiro atoms. The Morgan fingerprint density at radius 1 is 0.486 bits per heavy atom. The Labute approximate surface area is 179 Å². The first-order valence-electron chi connectivity index (χ1n) is 8.22. The molecule has 1 aliphatic rings. The molecule has 35 heavy (non-hydrogen) atoms. The minimum atomic E-state index is -8.94. The maximum atomic E-state index is 13.6. The van der Waals surface area contributed by atoms with Crippen molar-refractivity contribution in [2.24, 2.45) is 0 Å². The van der Waals surface area contributed by atoms with Crippen LogP contribution < -0.4 is 0 Å². The Bertz CT molecular complexity index is 788. The molecule has 21 heteroatoms. The normalized spacial score (nSPS) is 21.7. The fourth-order valence-electron chi connectivity index (χ4n) is 2.29. The van der Waals surface area contributed by atoms with Crippen LogP contribution in [0.25, 0.3) is 0 Å². The van der Waals surface area contributed by atoms with E-state index < -0.39 is 85.3 Å². The van der Waals surface area contributed by atoms with Gasteiger partial charge in [0.05, 0.1) is 12.7 Å². The van der Waals surface area contributed by atoms with Crippen LogP contribution >= 0.6 is 0 Å². The molecule has 1 rings (SSSR count). The minimum Gasteiger partial charge on any atom is -0.373 e. The number of rotatable bonds is 10. The third-order valence-electron chi connectivity index (χ3n) is 4.83. The Morgan fingerprint density at radius 2 is 0.743 bits per heavy atom. The van der Waals surface area contributed by atoms with Crippen LogP contribution in [0.5, 0.6) is 0 Å². The van der Waals surface area contributed by atoms with Crippen molar-refractivity contribution in [1.82, 2.24) is 0 Å². The van der Waals surface area contributed by atoms with Crippen molar-refractivity contribution >= 4 is 0 Å². The van der Waals surface area contributed by atoms with E-state index in [1.807, 2.05) is 0 Å². The van der Waals surface area contributed by atoms with Crippen LogP contribution in [0.2, 0.25) is 0 Å². The third kappa shape index (κ3) is 3.97. The second kappa shape index (κ2) is 7.78. The van der Waals surface area contributed by atoms with Crippen LogP contribution in [0.15, 0.2) is 0 Å². The van der Waals surface area contributed by atoms with Crippen LogP contribution in [-0.4, -0.2) is 71.9 Å². The summed E-state index contributed by atoms with van der Waals surface area (Å²) in [4.78, 5) is 0. The first-order valence-corrected chi connectivity index (χ1v) is 8.22. The number of hydrogen-bond donors (Lipinski definition) is 0. The molecule has 1 heterocycles. The van der Waals surface area contributed by atoms with E-state index in [2.05, 4.69) is 4.74 Å². The Hall–Kier alpha value is -1.44. The van der Waals surface area contributed by atoms with Crippen molar-refractivity contribution in [3.63, 3.8) is 0 Å². The molecule has 0 aromatic rings. The van der Waals surface area contributed by atoms with E-state index in [0.717, 1.165) is 0 Å². The number of halogens is 20. The van der Waals surface area contributed by atoms with E-state index >= 15 is 0 Å². The van der Waals surface area contributed by atoms with Crippen LogP contribution in [0.4, 0.5) is 87.8 Å². The molecule has 1 saturated heterocycles. The largest absolute Gasteiger partial charge is 0.428 e. The monoisotopic (exact) mass is 572 g/mol. The van der Waals surface area contributed by atoms with Crippen LogP contribution in [-0.2, 0) is 4.74 Å². The van der Waals surface area contributed by atoms with Gasteiger partial charge in [0, 0.05) is 6.42 Å². The molecule has 2 atom stereocenters. The van der Waals surface area contributed by atoms with Crippen molar-refractivity contribution in [3.8, 4) is 0 Å². The van der Waals surface area contributed by atoms with E-state index in [1.54, 1.807) is 0 Å². The summed E-state index contributed by atoms with van der Waals surface area (Å²) in [5, 5.41) is 0. The van der Waals surface area contributed by atoms with Gasteiger partial charge in [-0.15, -0.1) is 0 Å². The molecule has 1 nitrogen and oxygen atoms in total. The summed E-state index contributed by atoms with van der Waals surface area (Å²) in [6, 6.07) is 0. The predicted octanol–water partition coefficient (Wildman–Crippen LogP) is 7.15. The van der Waals surface area contributed by atoms with Gasteiger partial charge in [-0.3, -0.25) is 0 Å². The highest BCUT2D eigenvalue weighted by Crippen LogP contribution is 2.66. The fraction of sp³-hybridized carbons (Fsp3) is 1.00. The first-order chi connectivity index (χ1) is 14.8. The van der Waals surface area contributed by atoms with Gasteiger partial charge in [0.1, 0.15) is 0 Å². The molecule has 0 bridgehead atoms. The standard InChI is InChI=1S/C14H8F20O/c1-5(15,14(32,33)34)7(18,19)9(22,23)11(26,27)13(30,31)12(28,29)10(24,25)8(20,21)6(16,17)2-4-3-35-4/h4H,2-3H2,1H3. The summed E-state index contributed by atoms with van der Waals surface area (Å²) < 4.78 is 270. The highest BCUT2D eigenvalue weighted by molar-refractivity contribution is 5.18. The molecular weight excluding hydrogens is 564 g/mol. The summed E-state index contributed by atoms with van der Waals surface area (Å²) in [5.41, 5.74) is -6.94. The zero-order valence-corrected chi connectivity index (χ0v) is 16.0. The van der Waals surface area contributed by atoms with Crippen molar-refractivity contribution < 1.29 is 92.5 Å². The van der Waals surface area contributed by atoms with Crippen molar-refractivity contribution in [3.05, 3.63) is 0 Å². The molecule has 0 N–H and O–H groups in total. The smallest absolute Gasteiger partial charge is 0.373 e. The molecular formula is C14H8F20O. The topological polar surface area (TPSA) is 12.5 Å². The van der Waals surface area contributed by atoms with Gasteiger partial charge in [-0.2, -0.15) is 83.4 Å². The lowest BCUT2D eigenvalue weighted by Crippen LogP contribution is -2.77. The third-order valence-corrected chi connectivity index (χ3v) is 4.83. The first kappa shape index (κ1) is 31.6. The fourth-order valence-corrected chi connectivity index (χ4v) is 2.29. The van der Waals surface area contributed by atoms with Crippen molar-refractivity contribution in [2.75, 3.05) is 6.61 Å². The maximum absolute atomic E-state index is 13.6. The molecule has 210 valence electrons. The summed E-state index contributed by atoms with van der Waals surface area (Å²) in [6.45, 7) is -2.54. The molecule has 1 aliphatic heterocycles. The molecule has 0 saturated carbocycles. The highest BCUT2D eigenvalue weighted by atomic mass is 19.4. The van der Waals surface area contributed by atoms with Crippen LogP contribution in [0, 0.1) is 0 Å². The minimum absolute atomic E-state index is 0.885.